The van der Waals surface area contributed by atoms with E-state index < -0.39 is 15.8 Å². The first-order valence-electron chi connectivity index (χ1n) is 6.52. The average molecular weight is 320 g/mol. The summed E-state index contributed by atoms with van der Waals surface area (Å²) < 4.78 is 41.8. The molecule has 1 N–H and O–H groups in total. The molecule has 0 radical (unpaired) electrons. The van der Waals surface area contributed by atoms with Gasteiger partial charge in [0.25, 0.3) is 0 Å². The molecule has 0 saturated carbocycles. The van der Waals surface area contributed by atoms with E-state index in [1.165, 1.54) is 12.1 Å². The summed E-state index contributed by atoms with van der Waals surface area (Å²) in [6, 6.07) is 8.94. The number of nitrogens with one attached hydrogen (secondary N) is 1. The molecule has 0 amide bonds. The molecule has 0 bridgehead atoms. The Bertz CT molecular complexity index is 937. The summed E-state index contributed by atoms with van der Waals surface area (Å²) >= 11 is 0. The van der Waals surface area contributed by atoms with Gasteiger partial charge in [-0.1, -0.05) is 6.07 Å². The minimum atomic E-state index is -3.75. The third kappa shape index (κ3) is 2.70. The summed E-state index contributed by atoms with van der Waals surface area (Å²) in [5.41, 5.74) is 0.980. The molecule has 22 heavy (non-hydrogen) atoms. The quantitative estimate of drug-likeness (QED) is 0.793. The van der Waals surface area contributed by atoms with Crippen LogP contribution in [0.15, 0.2) is 47.5 Å². The highest BCUT2D eigenvalue weighted by molar-refractivity contribution is 7.89. The lowest BCUT2D eigenvalue weighted by Gasteiger charge is -2.08. The lowest BCUT2D eigenvalue weighted by atomic mass is 10.2. The number of fused-ring (bicyclic) bond motifs is 1. The molecule has 0 spiro atoms. The van der Waals surface area contributed by atoms with Crippen LogP contribution in [0, 0.1) is 12.7 Å². The summed E-state index contributed by atoms with van der Waals surface area (Å²) in [7, 11) is -3.75. The Morgan fingerprint density at radius 2 is 2.05 bits per heavy atom. The van der Waals surface area contributed by atoms with Crippen molar-refractivity contribution in [3.05, 3.63) is 59.8 Å². The van der Waals surface area contributed by atoms with Crippen LogP contribution in [0.5, 0.6) is 0 Å². The zero-order valence-electron chi connectivity index (χ0n) is 11.7. The first kappa shape index (κ1) is 14.6. The summed E-state index contributed by atoms with van der Waals surface area (Å²) in [6.45, 7) is 1.54. The van der Waals surface area contributed by atoms with Crippen molar-refractivity contribution < 1.29 is 12.8 Å². The second kappa shape index (κ2) is 5.47. The maximum absolute atomic E-state index is 13.1. The largest absolute Gasteiger partial charge is 0.285 e. The van der Waals surface area contributed by atoms with Gasteiger partial charge in [0.05, 0.1) is 11.4 Å². The van der Waals surface area contributed by atoms with Gasteiger partial charge in [-0.05, 0) is 42.8 Å². The minimum absolute atomic E-state index is 0.00959. The zero-order valence-corrected chi connectivity index (χ0v) is 12.5. The van der Waals surface area contributed by atoms with Crippen LogP contribution in [0.4, 0.5) is 4.39 Å². The van der Waals surface area contributed by atoms with Crippen molar-refractivity contribution in [3.8, 4) is 0 Å². The molecule has 6 nitrogen and oxygen atoms in total. The molecule has 114 valence electrons. The van der Waals surface area contributed by atoms with Gasteiger partial charge in [0.1, 0.15) is 5.82 Å². The third-order valence-electron chi connectivity index (χ3n) is 3.23. The van der Waals surface area contributed by atoms with Crippen LogP contribution in [-0.4, -0.2) is 23.0 Å². The van der Waals surface area contributed by atoms with Gasteiger partial charge >= 0.3 is 0 Å². The Morgan fingerprint density at radius 3 is 2.82 bits per heavy atom. The van der Waals surface area contributed by atoms with Crippen LogP contribution in [0.1, 0.15) is 11.4 Å². The van der Waals surface area contributed by atoms with Gasteiger partial charge in [-0.3, -0.25) is 4.40 Å². The van der Waals surface area contributed by atoms with Crippen molar-refractivity contribution in [2.75, 3.05) is 0 Å². The summed E-state index contributed by atoms with van der Waals surface area (Å²) in [4.78, 5) is 0.0442. The van der Waals surface area contributed by atoms with Crippen molar-refractivity contribution in [1.29, 1.82) is 0 Å². The fourth-order valence-corrected chi connectivity index (χ4v) is 3.37. The van der Waals surface area contributed by atoms with E-state index in [9.17, 15) is 12.8 Å². The molecule has 2 heterocycles. The van der Waals surface area contributed by atoms with Crippen LogP contribution in [0.2, 0.25) is 0 Å². The van der Waals surface area contributed by atoms with Crippen LogP contribution in [0.3, 0.4) is 0 Å². The van der Waals surface area contributed by atoms with Crippen molar-refractivity contribution in [2.45, 2.75) is 18.4 Å². The number of halogens is 1. The monoisotopic (exact) mass is 320 g/mol. The molecule has 0 unspecified atom stereocenters. The highest BCUT2D eigenvalue weighted by Crippen LogP contribution is 2.16. The number of pyridine rings is 1. The standard InChI is InChI=1S/C14H13FN4O2S/c1-10-8-11(15)5-6-12(10)22(20,21)16-9-14-18-17-13-4-2-3-7-19(13)14/h2-8,16H,9H2,1H3. The van der Waals surface area contributed by atoms with Crippen LogP contribution < -0.4 is 4.72 Å². The topological polar surface area (TPSA) is 76.4 Å². The van der Waals surface area contributed by atoms with Crippen LogP contribution >= 0.6 is 0 Å². The van der Waals surface area contributed by atoms with E-state index in [0.717, 1.165) is 6.07 Å². The second-order valence-electron chi connectivity index (χ2n) is 4.78. The van der Waals surface area contributed by atoms with Crippen LogP contribution in [-0.2, 0) is 16.6 Å². The molecule has 0 aliphatic heterocycles. The summed E-state index contributed by atoms with van der Waals surface area (Å²) in [5, 5.41) is 7.90. The summed E-state index contributed by atoms with van der Waals surface area (Å²) in [5.74, 6) is -0.00107. The van der Waals surface area contributed by atoms with Gasteiger partial charge in [0.2, 0.25) is 10.0 Å². The third-order valence-corrected chi connectivity index (χ3v) is 4.79. The number of hydrogen-bond acceptors (Lipinski definition) is 4. The van der Waals surface area contributed by atoms with E-state index in [1.807, 2.05) is 6.07 Å². The molecule has 0 atom stereocenters. The Hall–Kier alpha value is -2.32. The highest BCUT2D eigenvalue weighted by atomic mass is 32.2. The van der Waals surface area contributed by atoms with E-state index in [4.69, 9.17) is 0 Å². The Balaban J connectivity index is 1.86. The van der Waals surface area contributed by atoms with Crippen molar-refractivity contribution in [2.24, 2.45) is 0 Å². The average Bonchev–Trinajstić information content (AvgIpc) is 2.88. The van der Waals surface area contributed by atoms with Crippen molar-refractivity contribution >= 4 is 15.7 Å². The van der Waals surface area contributed by atoms with Gasteiger partial charge in [0.15, 0.2) is 11.5 Å². The normalized spacial score (nSPS) is 11.9. The predicted octanol–water partition coefficient (Wildman–Crippen LogP) is 1.66. The molecular formula is C14H13FN4O2S. The fourth-order valence-electron chi connectivity index (χ4n) is 2.16. The van der Waals surface area contributed by atoms with E-state index in [2.05, 4.69) is 14.9 Å². The van der Waals surface area contributed by atoms with Gasteiger partial charge in [-0.2, -0.15) is 0 Å². The number of benzene rings is 1. The van der Waals surface area contributed by atoms with E-state index >= 15 is 0 Å². The molecule has 0 saturated heterocycles. The lowest BCUT2D eigenvalue weighted by Crippen LogP contribution is -2.25. The first-order valence-corrected chi connectivity index (χ1v) is 8.00. The van der Waals surface area contributed by atoms with Gasteiger partial charge in [-0.15, -0.1) is 10.2 Å². The van der Waals surface area contributed by atoms with Gasteiger partial charge in [0, 0.05) is 6.20 Å². The molecule has 0 aliphatic rings. The molecule has 3 aromatic rings. The predicted molar refractivity (Wildman–Crippen MR) is 78.1 cm³/mol. The molecule has 0 fully saturated rings. The number of aromatic nitrogens is 3. The van der Waals surface area contributed by atoms with Crippen LogP contribution in [0.25, 0.3) is 5.65 Å². The Morgan fingerprint density at radius 1 is 1.23 bits per heavy atom. The second-order valence-corrected chi connectivity index (χ2v) is 6.51. The maximum atomic E-state index is 13.1. The molecule has 2 aromatic heterocycles. The zero-order chi connectivity index (χ0) is 15.7. The number of aryl methyl sites for hydroxylation is 1. The first-order chi connectivity index (χ1) is 10.5. The van der Waals surface area contributed by atoms with Gasteiger partial charge < -0.3 is 0 Å². The van der Waals surface area contributed by atoms with E-state index in [0.29, 0.717) is 17.0 Å². The smallest absolute Gasteiger partial charge is 0.241 e. The van der Waals surface area contributed by atoms with Gasteiger partial charge in [-0.25, -0.2) is 17.5 Å². The minimum Gasteiger partial charge on any atom is -0.285 e. The maximum Gasteiger partial charge on any atom is 0.241 e. The Kier molecular flexibility index (Phi) is 3.63. The number of rotatable bonds is 4. The summed E-state index contributed by atoms with van der Waals surface area (Å²) in [6.07, 6.45) is 1.75. The number of nitrogens with zero attached hydrogens (tertiary/aromatic N) is 3. The van der Waals surface area contributed by atoms with Crippen molar-refractivity contribution in [1.82, 2.24) is 19.3 Å². The fraction of sp³-hybridized carbons (Fsp3) is 0.143. The SMILES string of the molecule is Cc1cc(F)ccc1S(=O)(=O)NCc1nnc2ccccn12. The molecule has 8 heteroatoms. The Labute approximate surface area is 126 Å². The number of sulfonamides is 1. The molecule has 3 rings (SSSR count). The molecular weight excluding hydrogens is 307 g/mol. The van der Waals surface area contributed by atoms with E-state index in [-0.39, 0.29) is 11.4 Å². The molecule has 0 aliphatic carbocycles. The van der Waals surface area contributed by atoms with Crippen molar-refractivity contribution in [3.63, 3.8) is 0 Å². The number of hydrogen-bond donors (Lipinski definition) is 1. The molecule has 1 aromatic carbocycles. The lowest BCUT2D eigenvalue weighted by molar-refractivity contribution is 0.577. The highest BCUT2D eigenvalue weighted by Gasteiger charge is 2.18. The van der Waals surface area contributed by atoms with E-state index in [1.54, 1.807) is 29.7 Å².